The lowest BCUT2D eigenvalue weighted by Crippen LogP contribution is -2.22. The normalized spacial score (nSPS) is 11.1. The molecule has 0 unspecified atom stereocenters. The van der Waals surface area contributed by atoms with E-state index in [2.05, 4.69) is 60.3 Å². The van der Waals surface area contributed by atoms with Crippen molar-refractivity contribution in [3.8, 4) is 6.07 Å². The minimum atomic E-state index is 0.484. The number of rotatable bonds is 6. The maximum absolute atomic E-state index is 8.64. The monoisotopic (exact) mass is 255 g/mol. The van der Waals surface area contributed by atoms with Crippen LogP contribution >= 0.6 is 0 Å². The van der Waals surface area contributed by atoms with Crippen molar-refractivity contribution in [2.75, 3.05) is 0 Å². The Balaban J connectivity index is 2.25. The third-order valence-corrected chi connectivity index (χ3v) is 3.26. The SMILES string of the molecule is CC(C)NCc1cccc2ccn(CCCC#N)c12. The Morgan fingerprint density at radius 2 is 2.16 bits per heavy atom. The van der Waals surface area contributed by atoms with Crippen molar-refractivity contribution in [3.05, 3.63) is 36.0 Å². The van der Waals surface area contributed by atoms with Gasteiger partial charge in [0.1, 0.15) is 0 Å². The Hall–Kier alpha value is -1.79. The van der Waals surface area contributed by atoms with Crippen LogP contribution in [0.25, 0.3) is 10.9 Å². The number of para-hydroxylation sites is 1. The van der Waals surface area contributed by atoms with Gasteiger partial charge in [0, 0.05) is 31.7 Å². The zero-order valence-electron chi connectivity index (χ0n) is 11.7. The maximum Gasteiger partial charge on any atom is 0.0622 e. The van der Waals surface area contributed by atoms with E-state index in [0.29, 0.717) is 12.5 Å². The van der Waals surface area contributed by atoms with Crippen LogP contribution in [0.1, 0.15) is 32.3 Å². The predicted molar refractivity (Wildman–Crippen MR) is 78.8 cm³/mol. The molecule has 0 amide bonds. The van der Waals surface area contributed by atoms with Gasteiger partial charge in [-0.2, -0.15) is 5.26 Å². The van der Waals surface area contributed by atoms with Gasteiger partial charge in [0.05, 0.1) is 11.6 Å². The molecule has 0 saturated carbocycles. The molecule has 100 valence electrons. The third kappa shape index (κ3) is 3.36. The van der Waals surface area contributed by atoms with Crippen LogP contribution in [0, 0.1) is 11.3 Å². The van der Waals surface area contributed by atoms with Gasteiger partial charge in [-0.15, -0.1) is 0 Å². The molecule has 0 atom stereocenters. The van der Waals surface area contributed by atoms with Crippen LogP contribution in [0.3, 0.4) is 0 Å². The molecule has 2 rings (SSSR count). The highest BCUT2D eigenvalue weighted by Gasteiger charge is 2.06. The van der Waals surface area contributed by atoms with E-state index < -0.39 is 0 Å². The summed E-state index contributed by atoms with van der Waals surface area (Å²) in [5.74, 6) is 0. The van der Waals surface area contributed by atoms with E-state index in [9.17, 15) is 0 Å². The zero-order chi connectivity index (χ0) is 13.7. The minimum absolute atomic E-state index is 0.484. The van der Waals surface area contributed by atoms with Crippen LogP contribution in [-0.2, 0) is 13.1 Å². The molecule has 2 aromatic rings. The first-order chi connectivity index (χ1) is 9.22. The Labute approximate surface area is 114 Å². The molecule has 0 bridgehead atoms. The lowest BCUT2D eigenvalue weighted by molar-refractivity contribution is 0.588. The highest BCUT2D eigenvalue weighted by molar-refractivity contribution is 5.83. The smallest absolute Gasteiger partial charge is 0.0622 e. The number of aromatic nitrogens is 1. The van der Waals surface area contributed by atoms with Crippen molar-refractivity contribution in [1.29, 1.82) is 5.26 Å². The number of nitriles is 1. The second-order valence-corrected chi connectivity index (χ2v) is 5.16. The Bertz CT molecular complexity index is 575. The van der Waals surface area contributed by atoms with E-state index in [-0.39, 0.29) is 0 Å². The Morgan fingerprint density at radius 3 is 2.89 bits per heavy atom. The van der Waals surface area contributed by atoms with E-state index >= 15 is 0 Å². The second kappa shape index (κ2) is 6.40. The molecule has 0 fully saturated rings. The number of benzene rings is 1. The molecule has 0 spiro atoms. The zero-order valence-corrected chi connectivity index (χ0v) is 11.7. The maximum atomic E-state index is 8.64. The summed E-state index contributed by atoms with van der Waals surface area (Å²) in [5.41, 5.74) is 2.63. The van der Waals surface area contributed by atoms with E-state index in [1.54, 1.807) is 0 Å². The van der Waals surface area contributed by atoms with Crippen LogP contribution in [0.15, 0.2) is 30.5 Å². The molecular weight excluding hydrogens is 234 g/mol. The summed E-state index contributed by atoms with van der Waals surface area (Å²) in [7, 11) is 0. The van der Waals surface area contributed by atoms with E-state index in [1.807, 2.05) is 0 Å². The second-order valence-electron chi connectivity index (χ2n) is 5.16. The molecule has 0 aliphatic carbocycles. The van der Waals surface area contributed by atoms with Gasteiger partial charge < -0.3 is 9.88 Å². The fourth-order valence-electron chi connectivity index (χ4n) is 2.31. The lowest BCUT2D eigenvalue weighted by atomic mass is 10.1. The van der Waals surface area contributed by atoms with Crippen molar-refractivity contribution in [2.24, 2.45) is 0 Å². The predicted octanol–water partition coefficient (Wildman–Crippen LogP) is 3.44. The topological polar surface area (TPSA) is 40.8 Å². The number of nitrogens with zero attached hydrogens (tertiary/aromatic N) is 2. The van der Waals surface area contributed by atoms with Gasteiger partial charge in [0.15, 0.2) is 0 Å². The first kappa shape index (κ1) is 13.6. The molecule has 0 radical (unpaired) electrons. The highest BCUT2D eigenvalue weighted by Crippen LogP contribution is 2.21. The van der Waals surface area contributed by atoms with E-state index in [4.69, 9.17) is 5.26 Å². The lowest BCUT2D eigenvalue weighted by Gasteiger charge is -2.12. The average molecular weight is 255 g/mol. The first-order valence-corrected chi connectivity index (χ1v) is 6.89. The fraction of sp³-hybridized carbons (Fsp3) is 0.438. The van der Waals surface area contributed by atoms with Gasteiger partial charge in [0.25, 0.3) is 0 Å². The quantitative estimate of drug-likeness (QED) is 0.803. The molecule has 1 N–H and O–H groups in total. The molecule has 1 aromatic carbocycles. The highest BCUT2D eigenvalue weighted by atomic mass is 15.0. The minimum Gasteiger partial charge on any atom is -0.347 e. The van der Waals surface area contributed by atoms with Gasteiger partial charge in [0.2, 0.25) is 0 Å². The van der Waals surface area contributed by atoms with Crippen molar-refractivity contribution in [2.45, 2.75) is 45.8 Å². The number of fused-ring (bicyclic) bond motifs is 1. The molecular formula is C16H21N3. The number of aryl methyl sites for hydroxylation is 1. The largest absolute Gasteiger partial charge is 0.347 e. The van der Waals surface area contributed by atoms with Crippen molar-refractivity contribution in [3.63, 3.8) is 0 Å². The van der Waals surface area contributed by atoms with E-state index in [1.165, 1.54) is 16.5 Å². The summed E-state index contributed by atoms with van der Waals surface area (Å²) in [6.07, 6.45) is 3.65. The van der Waals surface area contributed by atoms with Crippen LogP contribution < -0.4 is 5.32 Å². The number of hydrogen-bond donors (Lipinski definition) is 1. The van der Waals surface area contributed by atoms with Crippen molar-refractivity contribution >= 4 is 10.9 Å². The van der Waals surface area contributed by atoms with Crippen LogP contribution in [-0.4, -0.2) is 10.6 Å². The summed E-state index contributed by atoms with van der Waals surface area (Å²) in [5, 5.41) is 13.4. The van der Waals surface area contributed by atoms with Crippen molar-refractivity contribution in [1.82, 2.24) is 9.88 Å². The molecule has 19 heavy (non-hydrogen) atoms. The van der Waals surface area contributed by atoms with Crippen molar-refractivity contribution < 1.29 is 0 Å². The Kier molecular flexibility index (Phi) is 4.59. The molecule has 0 saturated heterocycles. The molecule has 1 aromatic heterocycles. The van der Waals surface area contributed by atoms with Gasteiger partial charge >= 0.3 is 0 Å². The van der Waals surface area contributed by atoms with Gasteiger partial charge in [-0.1, -0.05) is 32.0 Å². The van der Waals surface area contributed by atoms with Crippen LogP contribution in [0.5, 0.6) is 0 Å². The first-order valence-electron chi connectivity index (χ1n) is 6.89. The third-order valence-electron chi connectivity index (χ3n) is 3.26. The fourth-order valence-corrected chi connectivity index (χ4v) is 2.31. The number of unbranched alkanes of at least 4 members (excludes halogenated alkanes) is 1. The average Bonchev–Trinajstić information content (AvgIpc) is 2.81. The summed E-state index contributed by atoms with van der Waals surface area (Å²) >= 11 is 0. The molecule has 1 heterocycles. The van der Waals surface area contributed by atoms with Crippen LogP contribution in [0.4, 0.5) is 0 Å². The molecule has 0 aliphatic rings. The summed E-state index contributed by atoms with van der Waals surface area (Å²) in [6, 6.07) is 11.3. The van der Waals surface area contributed by atoms with Crippen LogP contribution in [0.2, 0.25) is 0 Å². The van der Waals surface area contributed by atoms with Gasteiger partial charge in [-0.3, -0.25) is 0 Å². The molecule has 0 aliphatic heterocycles. The number of hydrogen-bond acceptors (Lipinski definition) is 2. The Morgan fingerprint density at radius 1 is 1.32 bits per heavy atom. The number of nitrogens with one attached hydrogen (secondary N) is 1. The van der Waals surface area contributed by atoms with Gasteiger partial charge in [-0.05, 0) is 23.4 Å². The summed E-state index contributed by atoms with van der Waals surface area (Å²) in [6.45, 7) is 6.12. The molecule has 3 nitrogen and oxygen atoms in total. The van der Waals surface area contributed by atoms with E-state index in [0.717, 1.165) is 19.5 Å². The summed E-state index contributed by atoms with van der Waals surface area (Å²) < 4.78 is 2.27. The summed E-state index contributed by atoms with van der Waals surface area (Å²) in [4.78, 5) is 0. The van der Waals surface area contributed by atoms with Gasteiger partial charge in [-0.25, -0.2) is 0 Å². The standard InChI is InChI=1S/C16H21N3/c1-13(2)18-12-15-7-5-6-14-8-11-19(16(14)15)10-4-3-9-17/h5-8,11,13,18H,3-4,10,12H2,1-2H3. The molecule has 3 heteroatoms.